The molecule has 0 spiro atoms. The number of amides is 1. The van der Waals surface area contributed by atoms with Crippen molar-refractivity contribution in [1.82, 2.24) is 19.4 Å². The number of fused-ring (bicyclic) bond motifs is 1. The van der Waals surface area contributed by atoms with Crippen LogP contribution in [0, 0.1) is 0 Å². The number of hydrogen-bond donors (Lipinski definition) is 0. The molecule has 4 aromatic rings. The van der Waals surface area contributed by atoms with Crippen LogP contribution in [-0.2, 0) is 16.7 Å². The van der Waals surface area contributed by atoms with Crippen LogP contribution in [0.4, 0.5) is 5.95 Å². The molecule has 1 amide bonds. The first-order chi connectivity index (χ1) is 22.5. The van der Waals surface area contributed by atoms with Crippen molar-refractivity contribution in [3.63, 3.8) is 0 Å². The van der Waals surface area contributed by atoms with E-state index in [0.29, 0.717) is 43.4 Å². The monoisotopic (exact) mass is 625 g/mol. The number of nitrogens with zero attached hydrogens (tertiary/aromatic N) is 5. The second-order valence-electron chi connectivity index (χ2n) is 12.4. The van der Waals surface area contributed by atoms with Gasteiger partial charge in [0.1, 0.15) is 11.5 Å². The molecule has 9 nitrogen and oxygen atoms in total. The third-order valence-corrected chi connectivity index (χ3v) is 9.74. The molecule has 3 heterocycles. The lowest BCUT2D eigenvalue weighted by Crippen LogP contribution is -2.39. The Kier molecular flexibility index (Phi) is 10.1. The summed E-state index contributed by atoms with van der Waals surface area (Å²) in [5.74, 6) is 2.26. The number of imidazole rings is 1. The number of para-hydroxylation sites is 2. The number of hydrogen-bond acceptors (Lipinski definition) is 7. The van der Waals surface area contributed by atoms with E-state index >= 15 is 0 Å². The number of aromatic nitrogens is 2. The lowest BCUT2D eigenvalue weighted by Gasteiger charge is -2.33. The normalized spacial score (nSPS) is 19.0. The summed E-state index contributed by atoms with van der Waals surface area (Å²) in [5, 5.41) is 0. The van der Waals surface area contributed by atoms with Crippen LogP contribution in [0.25, 0.3) is 11.0 Å². The first kappa shape index (κ1) is 31.9. The Hall–Kier alpha value is -4.08. The molecule has 0 bridgehead atoms. The summed E-state index contributed by atoms with van der Waals surface area (Å²) in [4.78, 5) is 26.0. The van der Waals surface area contributed by atoms with Gasteiger partial charge in [-0.3, -0.25) is 4.79 Å². The van der Waals surface area contributed by atoms with Crippen molar-refractivity contribution in [2.24, 2.45) is 0 Å². The number of likely N-dealkylation sites (tertiary alicyclic amines) is 1. The van der Waals surface area contributed by atoms with Gasteiger partial charge in [-0.25, -0.2) is 4.98 Å². The van der Waals surface area contributed by atoms with E-state index in [1.807, 2.05) is 24.0 Å². The minimum absolute atomic E-state index is 0.00815. The molecule has 244 valence electrons. The first-order valence-electron chi connectivity index (χ1n) is 16.6. The second-order valence-corrected chi connectivity index (χ2v) is 12.4. The highest BCUT2D eigenvalue weighted by atomic mass is 16.5. The molecule has 1 unspecified atom stereocenters. The lowest BCUT2D eigenvalue weighted by atomic mass is 9.76. The molecule has 2 saturated heterocycles. The Bertz CT molecular complexity index is 1610. The van der Waals surface area contributed by atoms with Crippen molar-refractivity contribution in [1.29, 1.82) is 0 Å². The molecule has 6 rings (SSSR count). The maximum atomic E-state index is 13.9. The van der Waals surface area contributed by atoms with Gasteiger partial charge in [-0.2, -0.15) is 0 Å². The van der Waals surface area contributed by atoms with E-state index < -0.39 is 0 Å². The number of carbonyl (C=O) groups is 1. The molecule has 2 fully saturated rings. The molecule has 46 heavy (non-hydrogen) atoms. The highest BCUT2D eigenvalue weighted by molar-refractivity contribution is 5.97. The van der Waals surface area contributed by atoms with Gasteiger partial charge in [0.25, 0.3) is 5.91 Å². The van der Waals surface area contributed by atoms with Gasteiger partial charge in [-0.1, -0.05) is 42.5 Å². The smallest absolute Gasteiger partial charge is 0.257 e. The Labute approximate surface area is 272 Å². The van der Waals surface area contributed by atoms with Gasteiger partial charge in [0.05, 0.1) is 37.4 Å². The van der Waals surface area contributed by atoms with E-state index in [2.05, 4.69) is 69.0 Å². The van der Waals surface area contributed by atoms with Crippen molar-refractivity contribution in [2.75, 3.05) is 78.1 Å². The summed E-state index contributed by atoms with van der Waals surface area (Å²) in [7, 11) is 3.23. The molecule has 9 heteroatoms. The molecule has 0 radical (unpaired) electrons. The minimum Gasteiger partial charge on any atom is -0.497 e. The standard InChI is InChI=1S/C37H47N5O4/c1-4-46-26-25-42-33-14-9-8-13-32(33)38-36(42)40-20-10-19-39(23-24-40)21-17-37(29-11-6-5-7-12-29)18-22-41(28-37)35(43)31-27-30(44-2)15-16-34(31)45-3/h5-9,11-16,27H,4,10,17-26,28H2,1-3H3. The predicted molar refractivity (Wildman–Crippen MR) is 182 cm³/mol. The van der Waals surface area contributed by atoms with Crippen LogP contribution < -0.4 is 14.4 Å². The summed E-state index contributed by atoms with van der Waals surface area (Å²) in [6.45, 7) is 10.5. The zero-order valence-corrected chi connectivity index (χ0v) is 27.5. The largest absolute Gasteiger partial charge is 0.497 e. The molecule has 0 saturated carbocycles. The average Bonchev–Trinajstić information content (AvgIpc) is 3.62. The third kappa shape index (κ3) is 6.71. The molecule has 0 aliphatic carbocycles. The Morgan fingerprint density at radius 2 is 1.72 bits per heavy atom. The predicted octanol–water partition coefficient (Wildman–Crippen LogP) is 5.48. The van der Waals surface area contributed by atoms with Crippen molar-refractivity contribution in [3.05, 3.63) is 83.9 Å². The Morgan fingerprint density at radius 1 is 0.891 bits per heavy atom. The van der Waals surface area contributed by atoms with Crippen LogP contribution in [0.15, 0.2) is 72.8 Å². The quantitative estimate of drug-likeness (QED) is 0.193. The number of methoxy groups -OCH3 is 2. The topological polar surface area (TPSA) is 72.3 Å². The van der Waals surface area contributed by atoms with Gasteiger partial charge in [0.2, 0.25) is 5.95 Å². The number of carbonyl (C=O) groups excluding carboxylic acids is 1. The fourth-order valence-electron chi connectivity index (χ4n) is 7.16. The van der Waals surface area contributed by atoms with Crippen LogP contribution in [0.1, 0.15) is 42.1 Å². The Balaban J connectivity index is 1.16. The zero-order valence-electron chi connectivity index (χ0n) is 27.5. The number of rotatable bonds is 12. The van der Waals surface area contributed by atoms with E-state index in [9.17, 15) is 4.79 Å². The summed E-state index contributed by atoms with van der Waals surface area (Å²) in [5.41, 5.74) is 3.94. The first-order valence-corrected chi connectivity index (χ1v) is 16.6. The third-order valence-electron chi connectivity index (χ3n) is 9.74. The van der Waals surface area contributed by atoms with E-state index in [4.69, 9.17) is 19.2 Å². The van der Waals surface area contributed by atoms with Gasteiger partial charge in [0.15, 0.2) is 0 Å². The van der Waals surface area contributed by atoms with E-state index in [0.717, 1.165) is 75.5 Å². The molecule has 2 aliphatic rings. The summed E-state index contributed by atoms with van der Waals surface area (Å²) >= 11 is 0. The minimum atomic E-state index is -0.109. The van der Waals surface area contributed by atoms with Crippen molar-refractivity contribution >= 4 is 22.9 Å². The van der Waals surface area contributed by atoms with Gasteiger partial charge in [-0.05, 0) is 75.2 Å². The van der Waals surface area contributed by atoms with E-state index in [1.165, 1.54) is 5.56 Å². The molecule has 0 N–H and O–H groups in total. The van der Waals surface area contributed by atoms with Gasteiger partial charge < -0.3 is 33.5 Å². The highest BCUT2D eigenvalue weighted by Crippen LogP contribution is 2.39. The number of benzene rings is 3. The molecule has 2 aliphatic heterocycles. The summed E-state index contributed by atoms with van der Waals surface area (Å²) in [6.07, 6.45) is 3.00. The maximum absolute atomic E-state index is 13.9. The van der Waals surface area contributed by atoms with Crippen molar-refractivity contribution < 1.29 is 19.0 Å². The van der Waals surface area contributed by atoms with Crippen LogP contribution in [0.2, 0.25) is 0 Å². The van der Waals surface area contributed by atoms with E-state index in [1.54, 1.807) is 20.3 Å². The Morgan fingerprint density at radius 3 is 2.52 bits per heavy atom. The van der Waals surface area contributed by atoms with Crippen molar-refractivity contribution in [3.8, 4) is 11.5 Å². The van der Waals surface area contributed by atoms with Crippen molar-refractivity contribution in [2.45, 2.75) is 38.1 Å². The maximum Gasteiger partial charge on any atom is 0.257 e. The molecule has 3 aromatic carbocycles. The van der Waals surface area contributed by atoms with Gasteiger partial charge in [-0.15, -0.1) is 0 Å². The highest BCUT2D eigenvalue weighted by Gasteiger charge is 2.42. The lowest BCUT2D eigenvalue weighted by molar-refractivity contribution is 0.0777. The SMILES string of the molecule is CCOCCn1c(N2CCCN(CCC3(c4ccccc4)CCN(C(=O)c4cc(OC)ccc4OC)C3)CC2)nc2ccccc21. The summed E-state index contributed by atoms with van der Waals surface area (Å²) in [6, 6.07) is 24.6. The molecule has 1 atom stereocenters. The molecule has 1 aromatic heterocycles. The second kappa shape index (κ2) is 14.6. The fourth-order valence-corrected chi connectivity index (χ4v) is 7.16. The fraction of sp³-hybridized carbons (Fsp3) is 0.459. The number of anilines is 1. The van der Waals surface area contributed by atoms with E-state index in [-0.39, 0.29) is 11.3 Å². The van der Waals surface area contributed by atoms with Crippen LogP contribution >= 0.6 is 0 Å². The van der Waals surface area contributed by atoms with Crippen LogP contribution in [0.3, 0.4) is 0 Å². The molecular formula is C37H47N5O4. The van der Waals surface area contributed by atoms with Crippen LogP contribution in [0.5, 0.6) is 11.5 Å². The zero-order chi connectivity index (χ0) is 31.9. The van der Waals surface area contributed by atoms with Gasteiger partial charge >= 0.3 is 0 Å². The van der Waals surface area contributed by atoms with Crippen LogP contribution in [-0.4, -0.2) is 98.5 Å². The average molecular weight is 626 g/mol. The van der Waals surface area contributed by atoms with Gasteiger partial charge in [0, 0.05) is 51.3 Å². The summed E-state index contributed by atoms with van der Waals surface area (Å²) < 4.78 is 19.0. The number of ether oxygens (including phenoxy) is 3. The molecular weight excluding hydrogens is 578 g/mol.